The molecule has 0 amide bonds. The van der Waals surface area contributed by atoms with Crippen LogP contribution in [0, 0.1) is 11.8 Å². The van der Waals surface area contributed by atoms with Crippen molar-refractivity contribution in [3.8, 4) is 0 Å². The molecule has 0 spiro atoms. The average molecular weight is 268 g/mol. The Labute approximate surface area is 104 Å². The van der Waals surface area contributed by atoms with Crippen LogP contribution in [0.1, 0.15) is 25.5 Å². The Morgan fingerprint density at radius 3 is 2.40 bits per heavy atom. The van der Waals surface area contributed by atoms with Crippen LogP contribution in [-0.4, -0.2) is 11.7 Å². The van der Waals surface area contributed by atoms with Crippen LogP contribution in [-0.2, 0) is 0 Å². The molecule has 0 aliphatic carbocycles. The van der Waals surface area contributed by atoms with E-state index in [2.05, 4.69) is 0 Å². The fourth-order valence-corrected chi connectivity index (χ4v) is 3.09. The van der Waals surface area contributed by atoms with Crippen LogP contribution in [0.15, 0.2) is 6.07 Å². The summed E-state index contributed by atoms with van der Waals surface area (Å²) < 4.78 is 1.14. The summed E-state index contributed by atoms with van der Waals surface area (Å²) in [6.45, 7) is 4.49. The van der Waals surface area contributed by atoms with Crippen LogP contribution < -0.4 is 5.73 Å². The number of hydrogen-bond acceptors (Lipinski definition) is 3. The van der Waals surface area contributed by atoms with Crippen molar-refractivity contribution in [1.29, 1.82) is 0 Å². The van der Waals surface area contributed by atoms with E-state index >= 15 is 0 Å². The van der Waals surface area contributed by atoms with E-state index in [4.69, 9.17) is 28.9 Å². The summed E-state index contributed by atoms with van der Waals surface area (Å²) in [5.74, 6) is 0.313. The molecule has 0 aromatic carbocycles. The van der Waals surface area contributed by atoms with Crippen molar-refractivity contribution >= 4 is 34.5 Å². The Balaban J connectivity index is 2.92. The largest absolute Gasteiger partial charge is 0.388 e. The summed E-state index contributed by atoms with van der Waals surface area (Å²) in [5.41, 5.74) is 6.33. The molecule has 0 aliphatic heterocycles. The summed E-state index contributed by atoms with van der Waals surface area (Å²) in [5, 5.41) is 10.1. The summed E-state index contributed by atoms with van der Waals surface area (Å²) in [4.78, 5) is 0. The highest BCUT2D eigenvalue weighted by atomic mass is 35.5. The minimum Gasteiger partial charge on any atom is -0.388 e. The maximum absolute atomic E-state index is 10.1. The molecule has 0 aliphatic rings. The quantitative estimate of drug-likeness (QED) is 0.879. The zero-order valence-corrected chi connectivity index (χ0v) is 11.0. The number of rotatable bonds is 4. The fourth-order valence-electron chi connectivity index (χ4n) is 1.55. The van der Waals surface area contributed by atoms with Crippen molar-refractivity contribution in [2.75, 3.05) is 6.54 Å². The highest BCUT2D eigenvalue weighted by Gasteiger charge is 2.25. The van der Waals surface area contributed by atoms with Gasteiger partial charge in [0.2, 0.25) is 0 Å². The lowest BCUT2D eigenvalue weighted by atomic mass is 9.87. The van der Waals surface area contributed by atoms with Gasteiger partial charge in [0.25, 0.3) is 0 Å². The van der Waals surface area contributed by atoms with Crippen molar-refractivity contribution in [2.45, 2.75) is 20.0 Å². The van der Waals surface area contributed by atoms with Gasteiger partial charge in [0.15, 0.2) is 0 Å². The van der Waals surface area contributed by atoms with Gasteiger partial charge in [-0.05, 0) is 18.5 Å². The second-order valence-electron chi connectivity index (χ2n) is 3.87. The van der Waals surface area contributed by atoms with Gasteiger partial charge in [-0.15, -0.1) is 11.3 Å². The first-order chi connectivity index (χ1) is 6.97. The van der Waals surface area contributed by atoms with Gasteiger partial charge in [-0.2, -0.15) is 0 Å². The molecule has 3 N–H and O–H groups in total. The second-order valence-corrected chi connectivity index (χ2v) is 6.15. The van der Waals surface area contributed by atoms with E-state index in [1.54, 1.807) is 6.07 Å². The molecular formula is C10H15Cl2NOS. The van der Waals surface area contributed by atoms with E-state index in [9.17, 15) is 5.11 Å². The Bertz CT molecular complexity index is 327. The van der Waals surface area contributed by atoms with E-state index in [1.165, 1.54) is 11.3 Å². The minimum atomic E-state index is -0.633. The number of thiophene rings is 1. The van der Waals surface area contributed by atoms with Gasteiger partial charge < -0.3 is 10.8 Å². The van der Waals surface area contributed by atoms with Gasteiger partial charge in [-0.25, -0.2) is 0 Å². The Kier molecular flexibility index (Phi) is 4.87. The van der Waals surface area contributed by atoms with Crippen molar-refractivity contribution in [2.24, 2.45) is 17.6 Å². The lowest BCUT2D eigenvalue weighted by Gasteiger charge is -2.24. The molecule has 0 radical (unpaired) electrons. The van der Waals surface area contributed by atoms with Gasteiger partial charge in [0.1, 0.15) is 4.34 Å². The van der Waals surface area contributed by atoms with E-state index in [0.717, 1.165) is 0 Å². The lowest BCUT2D eigenvalue weighted by molar-refractivity contribution is 0.0866. The Hall–Kier alpha value is 0.200. The molecule has 0 fully saturated rings. The maximum atomic E-state index is 10.1. The molecule has 2 unspecified atom stereocenters. The summed E-state index contributed by atoms with van der Waals surface area (Å²) in [7, 11) is 0. The third kappa shape index (κ3) is 3.08. The SMILES string of the molecule is CC(C)C(CN)C(O)c1cc(Cl)sc1Cl. The van der Waals surface area contributed by atoms with Crippen LogP contribution in [0.2, 0.25) is 8.67 Å². The molecule has 1 heterocycles. The van der Waals surface area contributed by atoms with Crippen LogP contribution >= 0.6 is 34.5 Å². The summed E-state index contributed by atoms with van der Waals surface area (Å²) in [6.07, 6.45) is -0.633. The highest BCUT2D eigenvalue weighted by molar-refractivity contribution is 7.20. The van der Waals surface area contributed by atoms with E-state index in [0.29, 0.717) is 26.7 Å². The third-order valence-corrected chi connectivity index (χ3v) is 4.05. The minimum absolute atomic E-state index is 0.00756. The van der Waals surface area contributed by atoms with Gasteiger partial charge in [0, 0.05) is 11.5 Å². The molecule has 2 atom stereocenters. The molecule has 2 nitrogen and oxygen atoms in total. The predicted molar refractivity (Wildman–Crippen MR) is 66.7 cm³/mol. The van der Waals surface area contributed by atoms with Crippen LogP contribution in [0.4, 0.5) is 0 Å². The molecule has 5 heteroatoms. The van der Waals surface area contributed by atoms with Crippen molar-refractivity contribution < 1.29 is 5.11 Å². The van der Waals surface area contributed by atoms with Gasteiger partial charge >= 0.3 is 0 Å². The predicted octanol–water partition coefficient (Wildman–Crippen LogP) is 3.32. The third-order valence-electron chi connectivity index (χ3n) is 2.54. The molecular weight excluding hydrogens is 253 g/mol. The number of aliphatic hydroxyl groups excluding tert-OH is 1. The van der Waals surface area contributed by atoms with Gasteiger partial charge in [-0.3, -0.25) is 0 Å². The van der Waals surface area contributed by atoms with Crippen LogP contribution in [0.5, 0.6) is 0 Å². The molecule has 0 saturated carbocycles. The zero-order chi connectivity index (χ0) is 11.6. The Morgan fingerprint density at radius 1 is 1.47 bits per heavy atom. The molecule has 1 aromatic rings. The second kappa shape index (κ2) is 5.51. The van der Waals surface area contributed by atoms with E-state index in [-0.39, 0.29) is 5.92 Å². The topological polar surface area (TPSA) is 46.2 Å². The van der Waals surface area contributed by atoms with Crippen molar-refractivity contribution in [3.05, 3.63) is 20.3 Å². The number of nitrogens with two attached hydrogens (primary N) is 1. The maximum Gasteiger partial charge on any atom is 0.100 e. The van der Waals surface area contributed by atoms with E-state index < -0.39 is 6.10 Å². The first-order valence-electron chi connectivity index (χ1n) is 4.80. The lowest BCUT2D eigenvalue weighted by Crippen LogP contribution is -2.26. The first kappa shape index (κ1) is 13.3. The van der Waals surface area contributed by atoms with Gasteiger partial charge in [-0.1, -0.05) is 37.0 Å². The number of halogens is 2. The summed E-state index contributed by atoms with van der Waals surface area (Å²) in [6, 6.07) is 1.71. The molecule has 0 bridgehead atoms. The number of aliphatic hydroxyl groups is 1. The van der Waals surface area contributed by atoms with E-state index in [1.807, 2.05) is 13.8 Å². The van der Waals surface area contributed by atoms with Crippen LogP contribution in [0.3, 0.4) is 0 Å². The normalized spacial score (nSPS) is 15.7. The standard InChI is InChI=1S/C10H15Cl2NOS/c1-5(2)7(4-13)9(14)6-3-8(11)15-10(6)12/h3,5,7,9,14H,4,13H2,1-2H3. The average Bonchev–Trinajstić information content (AvgIpc) is 2.45. The van der Waals surface area contributed by atoms with Crippen LogP contribution in [0.25, 0.3) is 0 Å². The molecule has 15 heavy (non-hydrogen) atoms. The zero-order valence-electron chi connectivity index (χ0n) is 8.71. The fraction of sp³-hybridized carbons (Fsp3) is 0.600. The molecule has 1 aromatic heterocycles. The van der Waals surface area contributed by atoms with Crippen molar-refractivity contribution in [1.82, 2.24) is 0 Å². The highest BCUT2D eigenvalue weighted by Crippen LogP contribution is 2.38. The molecule has 0 saturated heterocycles. The molecule has 1 rings (SSSR count). The summed E-state index contributed by atoms with van der Waals surface area (Å²) >= 11 is 13.1. The monoisotopic (exact) mass is 267 g/mol. The molecule has 86 valence electrons. The van der Waals surface area contributed by atoms with Crippen molar-refractivity contribution in [3.63, 3.8) is 0 Å². The number of hydrogen-bond donors (Lipinski definition) is 2. The Morgan fingerprint density at radius 2 is 2.07 bits per heavy atom. The smallest absolute Gasteiger partial charge is 0.100 e. The van der Waals surface area contributed by atoms with Gasteiger partial charge in [0.05, 0.1) is 10.4 Å². The first-order valence-corrected chi connectivity index (χ1v) is 6.37.